The smallest absolute Gasteiger partial charge is 0.225 e. The Balaban J connectivity index is 0.00000420. The molecule has 2 unspecified atom stereocenters. The first-order valence-electron chi connectivity index (χ1n) is 11.1. The van der Waals surface area contributed by atoms with Crippen LogP contribution in [0.3, 0.4) is 0 Å². The molecule has 0 spiro atoms. The first kappa shape index (κ1) is 23.6. The summed E-state index contributed by atoms with van der Waals surface area (Å²) >= 11 is 0. The van der Waals surface area contributed by atoms with Crippen LogP contribution in [0.2, 0.25) is 0 Å². The van der Waals surface area contributed by atoms with Crippen molar-refractivity contribution in [2.24, 2.45) is 29.4 Å². The Kier molecular flexibility index (Phi) is 9.19. The average molecular weight is 401 g/mol. The van der Waals surface area contributed by atoms with Crippen LogP contribution in [0.5, 0.6) is 0 Å². The van der Waals surface area contributed by atoms with Crippen LogP contribution in [-0.4, -0.2) is 62.2 Å². The number of fused-ring (bicyclic) bond motifs is 1. The first-order valence-corrected chi connectivity index (χ1v) is 11.1. The number of carbonyl (C=O) groups is 1. The van der Waals surface area contributed by atoms with E-state index in [0.29, 0.717) is 43.4 Å². The monoisotopic (exact) mass is 400 g/mol. The number of ether oxygens (including phenoxy) is 3. The molecule has 1 saturated heterocycles. The minimum absolute atomic E-state index is 0. The van der Waals surface area contributed by atoms with Crippen molar-refractivity contribution in [1.29, 1.82) is 0 Å². The van der Waals surface area contributed by atoms with E-state index in [-0.39, 0.29) is 38.2 Å². The van der Waals surface area contributed by atoms with E-state index in [4.69, 9.17) is 19.9 Å². The molecule has 0 aromatic heterocycles. The fourth-order valence-corrected chi connectivity index (χ4v) is 4.90. The summed E-state index contributed by atoms with van der Waals surface area (Å²) in [7, 11) is 1.74. The zero-order valence-electron chi connectivity index (χ0n) is 18.7. The van der Waals surface area contributed by atoms with Gasteiger partial charge in [-0.15, -0.1) is 0 Å². The van der Waals surface area contributed by atoms with E-state index in [2.05, 4.69) is 32.6 Å². The van der Waals surface area contributed by atoms with Gasteiger partial charge in [0.05, 0.1) is 38.0 Å². The maximum atomic E-state index is 13.4. The molecule has 28 heavy (non-hydrogen) atoms. The molecule has 0 aromatic carbocycles. The van der Waals surface area contributed by atoms with E-state index in [9.17, 15) is 4.79 Å². The predicted octanol–water partition coefficient (Wildman–Crippen LogP) is 3.28. The molecule has 1 aliphatic carbocycles. The normalized spacial score (nSPS) is 29.1. The van der Waals surface area contributed by atoms with Crippen LogP contribution >= 0.6 is 0 Å². The lowest BCUT2D eigenvalue weighted by Gasteiger charge is -2.37. The van der Waals surface area contributed by atoms with Crippen LogP contribution in [0.4, 0.5) is 0 Å². The van der Waals surface area contributed by atoms with Crippen molar-refractivity contribution in [3.8, 4) is 0 Å². The van der Waals surface area contributed by atoms with Gasteiger partial charge < -0.3 is 24.8 Å². The van der Waals surface area contributed by atoms with Gasteiger partial charge in [0, 0.05) is 27.1 Å². The summed E-state index contributed by atoms with van der Waals surface area (Å²) in [5, 5.41) is 0. The van der Waals surface area contributed by atoms with Gasteiger partial charge in [-0.05, 0) is 37.5 Å². The number of amides is 1. The number of carbonyl (C=O) groups excluding carboxylic acids is 1. The van der Waals surface area contributed by atoms with Gasteiger partial charge in [-0.25, -0.2) is 0 Å². The van der Waals surface area contributed by atoms with Gasteiger partial charge in [-0.1, -0.05) is 34.1 Å². The van der Waals surface area contributed by atoms with E-state index in [1.54, 1.807) is 7.11 Å². The standard InChI is InChI=1S/C22H42N2O4.H2/c1-7-14(3)16(5)20(28-8-2)11-21(25)24-18-9-17(18)10-19(24)22(26-6)15(4)12-27-13-23;/h14-20,22H,7-13,23H2,1-6H3;1H/t14-,15-,16-,17?,18?,19-,20+,22+;/m0./s1. The van der Waals surface area contributed by atoms with E-state index in [0.717, 1.165) is 19.3 Å². The Labute approximate surface area is 172 Å². The highest BCUT2D eigenvalue weighted by Crippen LogP contribution is 2.50. The number of nitrogens with zero attached hydrogens (tertiary/aromatic N) is 1. The Morgan fingerprint density at radius 1 is 1.21 bits per heavy atom. The minimum atomic E-state index is -0.0270. The highest BCUT2D eigenvalue weighted by molar-refractivity contribution is 5.78. The topological polar surface area (TPSA) is 74.0 Å². The van der Waals surface area contributed by atoms with Crippen LogP contribution in [0, 0.1) is 23.7 Å². The van der Waals surface area contributed by atoms with Crippen LogP contribution in [0.25, 0.3) is 0 Å². The van der Waals surface area contributed by atoms with E-state index in [1.165, 1.54) is 0 Å². The largest absolute Gasteiger partial charge is 0.379 e. The minimum Gasteiger partial charge on any atom is -0.379 e. The van der Waals surface area contributed by atoms with Crippen molar-refractivity contribution in [1.82, 2.24) is 4.90 Å². The maximum Gasteiger partial charge on any atom is 0.225 e. The van der Waals surface area contributed by atoms with Crippen molar-refractivity contribution in [3.63, 3.8) is 0 Å². The molecule has 0 aromatic rings. The third kappa shape index (κ3) is 5.47. The van der Waals surface area contributed by atoms with Crippen molar-refractivity contribution in [2.45, 2.75) is 84.6 Å². The first-order chi connectivity index (χ1) is 13.4. The summed E-state index contributed by atoms with van der Waals surface area (Å²) in [6.07, 6.45) is 3.67. The van der Waals surface area contributed by atoms with Crippen LogP contribution in [0.15, 0.2) is 0 Å². The fourth-order valence-electron chi connectivity index (χ4n) is 4.90. The number of piperidine rings is 1. The number of hydrogen-bond acceptors (Lipinski definition) is 5. The van der Waals surface area contributed by atoms with E-state index >= 15 is 0 Å². The fraction of sp³-hybridized carbons (Fsp3) is 0.955. The van der Waals surface area contributed by atoms with E-state index in [1.807, 2.05) is 6.92 Å². The van der Waals surface area contributed by atoms with Gasteiger partial charge >= 0.3 is 0 Å². The third-order valence-electron chi connectivity index (χ3n) is 7.03. The molecular weight excluding hydrogens is 356 g/mol. The molecule has 2 N–H and O–H groups in total. The molecule has 1 amide bonds. The van der Waals surface area contributed by atoms with Crippen molar-refractivity contribution < 1.29 is 20.4 Å². The second kappa shape index (κ2) is 10.9. The van der Waals surface area contributed by atoms with Gasteiger partial charge in [0.25, 0.3) is 0 Å². The van der Waals surface area contributed by atoms with Gasteiger partial charge in [0.2, 0.25) is 5.91 Å². The average Bonchev–Trinajstić information content (AvgIpc) is 3.35. The van der Waals surface area contributed by atoms with Crippen LogP contribution < -0.4 is 5.73 Å². The summed E-state index contributed by atoms with van der Waals surface area (Å²) in [6, 6.07) is 0.512. The van der Waals surface area contributed by atoms with Crippen molar-refractivity contribution in [3.05, 3.63) is 0 Å². The molecule has 1 aliphatic heterocycles. The summed E-state index contributed by atoms with van der Waals surface area (Å²) in [5.41, 5.74) is 5.48. The van der Waals surface area contributed by atoms with Gasteiger partial charge in [0.15, 0.2) is 0 Å². The zero-order chi connectivity index (χ0) is 20.8. The summed E-state index contributed by atoms with van der Waals surface area (Å²) in [6.45, 7) is 12.2. The van der Waals surface area contributed by atoms with E-state index < -0.39 is 0 Å². The Morgan fingerprint density at radius 3 is 2.50 bits per heavy atom. The molecule has 2 rings (SSSR count). The number of nitrogens with two attached hydrogens (primary N) is 1. The molecule has 1 heterocycles. The summed E-state index contributed by atoms with van der Waals surface area (Å²) in [5.74, 6) is 1.94. The molecule has 166 valence electrons. The molecule has 1 saturated carbocycles. The SMILES string of the molecule is CCO[C@H](CC(=O)N1C2CC2C[C@H]1[C@H](OC)[C@@H](C)COCN)[C@@H](C)[C@@H](C)CC.[HH]. The number of hydrogen-bond donors (Lipinski definition) is 1. The number of rotatable bonds is 13. The zero-order valence-corrected chi connectivity index (χ0v) is 18.7. The Morgan fingerprint density at radius 2 is 1.93 bits per heavy atom. The molecule has 2 fully saturated rings. The van der Waals surface area contributed by atoms with Gasteiger partial charge in [-0.3, -0.25) is 4.79 Å². The highest BCUT2D eigenvalue weighted by atomic mass is 16.5. The molecule has 2 aliphatic rings. The Hall–Kier alpha value is -0.690. The number of likely N-dealkylation sites (tertiary alicyclic amines) is 1. The van der Waals surface area contributed by atoms with Gasteiger partial charge in [-0.2, -0.15) is 0 Å². The highest BCUT2D eigenvalue weighted by Gasteiger charge is 2.56. The molecule has 6 heteroatoms. The molecule has 0 bridgehead atoms. The van der Waals surface area contributed by atoms with Gasteiger partial charge in [0.1, 0.15) is 0 Å². The van der Waals surface area contributed by atoms with Crippen molar-refractivity contribution in [2.75, 3.05) is 27.1 Å². The van der Waals surface area contributed by atoms with Crippen LogP contribution in [-0.2, 0) is 19.0 Å². The molecule has 6 nitrogen and oxygen atoms in total. The molecular formula is C22H44N2O4. The lowest BCUT2D eigenvalue weighted by molar-refractivity contribution is -0.142. The second-order valence-corrected chi connectivity index (χ2v) is 8.82. The van der Waals surface area contributed by atoms with Crippen LogP contribution in [0.1, 0.15) is 61.7 Å². The molecule has 8 atom stereocenters. The van der Waals surface area contributed by atoms with Crippen molar-refractivity contribution >= 4 is 5.91 Å². The maximum absolute atomic E-state index is 13.4. The molecule has 0 radical (unpaired) electrons. The second-order valence-electron chi connectivity index (χ2n) is 8.82. The lowest BCUT2D eigenvalue weighted by Crippen LogP contribution is -2.50. The number of methoxy groups -OCH3 is 1. The lowest BCUT2D eigenvalue weighted by atomic mass is 9.86. The predicted molar refractivity (Wildman–Crippen MR) is 113 cm³/mol. The quantitative estimate of drug-likeness (QED) is 0.480. The summed E-state index contributed by atoms with van der Waals surface area (Å²) in [4.78, 5) is 15.5. The summed E-state index contributed by atoms with van der Waals surface area (Å²) < 4.78 is 17.3. The Bertz CT molecular complexity index is 495. The third-order valence-corrected chi connectivity index (χ3v) is 7.03.